The molecule has 9 heteroatoms. The molecule has 0 spiro atoms. The molecule has 0 radical (unpaired) electrons. The smallest absolute Gasteiger partial charge is 0.222 e. The van der Waals surface area contributed by atoms with E-state index in [1.165, 1.54) is 0 Å². The van der Waals surface area contributed by atoms with E-state index < -0.39 is 22.4 Å². The van der Waals surface area contributed by atoms with E-state index in [0.717, 1.165) is 51.4 Å². The van der Waals surface area contributed by atoms with E-state index in [-0.39, 0.29) is 41.2 Å². The van der Waals surface area contributed by atoms with Gasteiger partial charge in [0.15, 0.2) is 6.29 Å². The molecular weight excluding hydrogens is 444 g/mol. The number of nitrogens with one attached hydrogen (secondary N) is 1. The lowest BCUT2D eigenvalue weighted by atomic mass is 9.46. The van der Waals surface area contributed by atoms with Crippen molar-refractivity contribution in [2.45, 2.75) is 84.2 Å². The molecule has 0 aromatic heterocycles. The van der Waals surface area contributed by atoms with Crippen LogP contribution in [0.1, 0.15) is 65.7 Å². The van der Waals surface area contributed by atoms with Crippen LogP contribution in [-0.4, -0.2) is 75.3 Å². The van der Waals surface area contributed by atoms with E-state index in [9.17, 15) is 18.3 Å². The maximum atomic E-state index is 13.2. The average Bonchev–Trinajstić information content (AvgIpc) is 2.74. The minimum absolute atomic E-state index is 0.0224. The summed E-state index contributed by atoms with van der Waals surface area (Å²) >= 11 is 0. The second-order valence-corrected chi connectivity index (χ2v) is 13.4. The third-order valence-electron chi connectivity index (χ3n) is 9.27. The number of amides is 1. The first-order valence-electron chi connectivity index (χ1n) is 12.6. The van der Waals surface area contributed by atoms with Gasteiger partial charge in [0.1, 0.15) is 0 Å². The highest BCUT2D eigenvalue weighted by Crippen LogP contribution is 2.62. The van der Waals surface area contributed by atoms with Gasteiger partial charge in [-0.3, -0.25) is 4.79 Å². The maximum absolute atomic E-state index is 13.2. The molecule has 2 aliphatic heterocycles. The first-order chi connectivity index (χ1) is 15.4. The molecule has 2 saturated carbocycles. The average molecular weight is 487 g/mol. The molecule has 2 heterocycles. The summed E-state index contributed by atoms with van der Waals surface area (Å²) in [6.45, 7) is 8.97. The van der Waals surface area contributed by atoms with Crippen LogP contribution < -0.4 is 4.72 Å². The summed E-state index contributed by atoms with van der Waals surface area (Å²) in [6, 6.07) is 0. The lowest BCUT2D eigenvalue weighted by Crippen LogP contribution is -2.63. The minimum atomic E-state index is -3.31. The van der Waals surface area contributed by atoms with Crippen molar-refractivity contribution in [3.8, 4) is 0 Å². The number of hydrogen-bond donors (Lipinski definition) is 2. The zero-order valence-corrected chi connectivity index (χ0v) is 21.4. The fourth-order valence-electron chi connectivity index (χ4n) is 7.19. The van der Waals surface area contributed by atoms with Crippen LogP contribution in [-0.2, 0) is 24.3 Å². The van der Waals surface area contributed by atoms with Crippen molar-refractivity contribution in [3.05, 3.63) is 0 Å². The van der Waals surface area contributed by atoms with Crippen molar-refractivity contribution in [2.24, 2.45) is 28.6 Å². The Labute approximate surface area is 198 Å². The van der Waals surface area contributed by atoms with Crippen LogP contribution in [0.25, 0.3) is 0 Å². The van der Waals surface area contributed by atoms with E-state index >= 15 is 0 Å². The van der Waals surface area contributed by atoms with Gasteiger partial charge >= 0.3 is 0 Å². The summed E-state index contributed by atoms with van der Waals surface area (Å²) in [5.41, 5.74) is -0.386. The van der Waals surface area contributed by atoms with E-state index in [2.05, 4.69) is 25.5 Å². The number of likely N-dealkylation sites (tertiary alicyclic amines) is 1. The molecule has 7 atom stereocenters. The van der Waals surface area contributed by atoms with Gasteiger partial charge in [-0.1, -0.05) is 20.8 Å². The van der Waals surface area contributed by atoms with Gasteiger partial charge in [0.25, 0.3) is 0 Å². The van der Waals surface area contributed by atoms with E-state index in [1.54, 1.807) is 0 Å². The Balaban J connectivity index is 1.46. The number of carbonyl (C=O) groups excluding carboxylic acids is 1. The molecule has 2 N–H and O–H groups in total. The lowest BCUT2D eigenvalue weighted by Gasteiger charge is -2.63. The van der Waals surface area contributed by atoms with Crippen LogP contribution in [0.15, 0.2) is 0 Å². The van der Waals surface area contributed by atoms with Crippen LogP contribution in [0.3, 0.4) is 0 Å². The number of ether oxygens (including phenoxy) is 2. The van der Waals surface area contributed by atoms with E-state index in [4.69, 9.17) is 9.47 Å². The number of fused-ring (bicyclic) bond motifs is 3. The number of hydrogen-bond acceptors (Lipinski definition) is 6. The summed E-state index contributed by atoms with van der Waals surface area (Å²) in [6.07, 6.45) is 5.86. The van der Waals surface area contributed by atoms with Gasteiger partial charge in [-0.2, -0.15) is 0 Å². The molecule has 33 heavy (non-hydrogen) atoms. The largest absolute Gasteiger partial charge is 0.393 e. The van der Waals surface area contributed by atoms with Crippen molar-refractivity contribution in [1.29, 1.82) is 0 Å². The summed E-state index contributed by atoms with van der Waals surface area (Å²) < 4.78 is 37.6. The van der Waals surface area contributed by atoms with Crippen LogP contribution >= 0.6 is 0 Å². The molecule has 190 valence electrons. The molecule has 0 aromatic carbocycles. The fraction of sp³-hybridized carbons (Fsp3) is 0.958. The van der Waals surface area contributed by atoms with Crippen molar-refractivity contribution >= 4 is 15.9 Å². The van der Waals surface area contributed by atoms with Gasteiger partial charge in [-0.05, 0) is 61.7 Å². The van der Waals surface area contributed by atoms with Gasteiger partial charge in [0.05, 0.1) is 31.6 Å². The predicted octanol–water partition coefficient (Wildman–Crippen LogP) is 2.12. The molecule has 4 rings (SSSR count). The second kappa shape index (κ2) is 9.37. The monoisotopic (exact) mass is 486 g/mol. The minimum Gasteiger partial charge on any atom is -0.393 e. The third-order valence-corrected chi connectivity index (χ3v) is 9.97. The van der Waals surface area contributed by atoms with Gasteiger partial charge in [-0.25, -0.2) is 13.1 Å². The molecule has 1 amide bonds. The van der Waals surface area contributed by atoms with E-state index in [1.807, 2.05) is 4.90 Å². The van der Waals surface area contributed by atoms with Crippen molar-refractivity contribution < 1.29 is 27.8 Å². The molecular formula is C24H42N2O6S. The highest BCUT2D eigenvalue weighted by Gasteiger charge is 2.61. The van der Waals surface area contributed by atoms with Gasteiger partial charge in [0, 0.05) is 24.9 Å². The van der Waals surface area contributed by atoms with Crippen molar-refractivity contribution in [1.82, 2.24) is 9.62 Å². The SMILES string of the molecule is CC1CCN(C(=O)CC2C(O)CCC3C4(C)COC(CNS(C)(=O)=O)OC4CCC23C)CC1. The topological polar surface area (TPSA) is 105 Å². The number of nitrogens with zero attached hydrogens (tertiary/aromatic N) is 1. The summed E-state index contributed by atoms with van der Waals surface area (Å²) in [5.74, 6) is 1.07. The first-order valence-corrected chi connectivity index (χ1v) is 14.5. The standard InChI is InChI=1S/C24H42N2O6S/c1-16-8-11-26(12-9-16)21(28)13-17-18(27)5-6-19-23(17,2)10-7-20-24(19,3)15-31-22(32-20)14-25-33(4,29)30/h16-20,22,25,27H,5-15H2,1-4H3. The highest BCUT2D eigenvalue weighted by molar-refractivity contribution is 7.88. The molecule has 7 unspecified atom stereocenters. The van der Waals surface area contributed by atoms with Crippen molar-refractivity contribution in [2.75, 3.05) is 32.5 Å². The number of carbonyl (C=O) groups is 1. The van der Waals surface area contributed by atoms with Crippen LogP contribution in [0.5, 0.6) is 0 Å². The Bertz CT molecular complexity index is 829. The second-order valence-electron chi connectivity index (χ2n) is 11.6. The summed E-state index contributed by atoms with van der Waals surface area (Å²) in [5, 5.41) is 11.0. The molecule has 4 fully saturated rings. The Morgan fingerprint density at radius 3 is 2.48 bits per heavy atom. The Morgan fingerprint density at radius 2 is 1.82 bits per heavy atom. The van der Waals surface area contributed by atoms with Gasteiger partial charge in [-0.15, -0.1) is 0 Å². The number of aliphatic hydroxyl groups excluding tert-OH is 1. The zero-order valence-electron chi connectivity index (χ0n) is 20.6. The van der Waals surface area contributed by atoms with Gasteiger partial charge in [0.2, 0.25) is 15.9 Å². The quantitative estimate of drug-likeness (QED) is 0.617. The van der Waals surface area contributed by atoms with Crippen LogP contribution in [0.2, 0.25) is 0 Å². The lowest BCUT2D eigenvalue weighted by molar-refractivity contribution is -0.306. The predicted molar refractivity (Wildman–Crippen MR) is 125 cm³/mol. The summed E-state index contributed by atoms with van der Waals surface area (Å²) in [7, 11) is -3.31. The molecule has 0 bridgehead atoms. The Kier molecular flexibility index (Phi) is 7.20. The van der Waals surface area contributed by atoms with Gasteiger partial charge < -0.3 is 19.5 Å². The first kappa shape index (κ1) is 25.4. The molecule has 2 saturated heterocycles. The number of aliphatic hydroxyl groups is 1. The number of rotatable bonds is 5. The molecule has 0 aromatic rings. The van der Waals surface area contributed by atoms with E-state index in [0.29, 0.717) is 25.4 Å². The number of sulfonamides is 1. The Morgan fingerprint density at radius 1 is 1.12 bits per heavy atom. The summed E-state index contributed by atoms with van der Waals surface area (Å²) in [4.78, 5) is 15.2. The fourth-order valence-corrected chi connectivity index (χ4v) is 7.63. The molecule has 8 nitrogen and oxygen atoms in total. The highest BCUT2D eigenvalue weighted by atomic mass is 32.2. The molecule has 2 aliphatic carbocycles. The number of piperidine rings is 1. The van der Waals surface area contributed by atoms with Crippen LogP contribution in [0, 0.1) is 28.6 Å². The Hall–Kier alpha value is -0.740. The molecule has 4 aliphatic rings. The third kappa shape index (κ3) is 5.13. The maximum Gasteiger partial charge on any atom is 0.222 e. The van der Waals surface area contributed by atoms with Crippen molar-refractivity contribution in [3.63, 3.8) is 0 Å². The normalized spacial score (nSPS) is 42.5. The zero-order chi connectivity index (χ0) is 24.0. The van der Waals surface area contributed by atoms with Crippen LogP contribution in [0.4, 0.5) is 0 Å².